The van der Waals surface area contributed by atoms with E-state index in [1.54, 1.807) is 9.80 Å². The molecular formula is C56H67N4NaO6. The third kappa shape index (κ3) is 17.2. The summed E-state index contributed by atoms with van der Waals surface area (Å²) in [4.78, 5) is 51.6. The van der Waals surface area contributed by atoms with Crippen LogP contribution in [-0.4, -0.2) is 52.0 Å². The second-order valence-electron chi connectivity index (χ2n) is 16.1. The van der Waals surface area contributed by atoms with Crippen molar-refractivity contribution in [2.75, 3.05) is 13.1 Å². The molecule has 3 N–H and O–H groups in total. The number of nitrogens with one attached hydrogen (secondary N) is 2. The number of hydrogen-bond donors (Lipinski definition) is 3. The van der Waals surface area contributed by atoms with E-state index in [0.717, 1.165) is 72.3 Å². The van der Waals surface area contributed by atoms with E-state index in [9.17, 15) is 29.4 Å². The minimum atomic E-state index is -1.10. The Morgan fingerprint density at radius 2 is 0.896 bits per heavy atom. The maximum Gasteiger partial charge on any atom is 1.00 e. The Balaban J connectivity index is 0.000000440. The van der Waals surface area contributed by atoms with Crippen LogP contribution < -0.4 is 45.3 Å². The number of urea groups is 2. The molecule has 4 amide bonds. The molecule has 67 heavy (non-hydrogen) atoms. The van der Waals surface area contributed by atoms with Crippen LogP contribution in [0.4, 0.5) is 9.59 Å². The first-order valence-corrected chi connectivity index (χ1v) is 21.7. The summed E-state index contributed by atoms with van der Waals surface area (Å²) in [7, 11) is 0. The monoisotopic (exact) mass is 914 g/mol. The third-order valence-electron chi connectivity index (χ3n) is 11.0. The van der Waals surface area contributed by atoms with Crippen molar-refractivity contribution in [2.24, 2.45) is 0 Å². The number of carboxylic acids is 2. The summed E-state index contributed by atoms with van der Waals surface area (Å²) in [6.07, 6.45) is -0.144. The predicted octanol–water partition coefficient (Wildman–Crippen LogP) is 7.60. The average Bonchev–Trinajstić information content (AvgIpc) is 3.28. The van der Waals surface area contributed by atoms with Gasteiger partial charge >= 0.3 is 47.6 Å². The van der Waals surface area contributed by atoms with Crippen LogP contribution in [0.3, 0.4) is 0 Å². The summed E-state index contributed by atoms with van der Waals surface area (Å²) in [6.45, 7) is 15.0. The smallest absolute Gasteiger partial charge is 0.550 e. The van der Waals surface area contributed by atoms with Crippen molar-refractivity contribution < 1.29 is 58.9 Å². The molecule has 0 aliphatic carbocycles. The zero-order valence-electron chi connectivity index (χ0n) is 38.7. The van der Waals surface area contributed by atoms with Crippen molar-refractivity contribution in [2.45, 2.75) is 95.4 Å². The van der Waals surface area contributed by atoms with Crippen molar-refractivity contribution in [3.63, 3.8) is 0 Å². The second-order valence-corrected chi connectivity index (χ2v) is 16.1. The van der Waals surface area contributed by atoms with E-state index in [1.165, 1.54) is 0 Å². The van der Waals surface area contributed by atoms with E-state index in [-0.39, 0.29) is 69.3 Å². The summed E-state index contributed by atoms with van der Waals surface area (Å²) < 4.78 is 0. The van der Waals surface area contributed by atoms with Gasteiger partial charge in [0, 0.05) is 51.7 Å². The normalized spacial score (nSPS) is 10.1. The standard InChI is InChI=1S/2C27H30N2O3.2CH4.Na/c2*1-4-29(27(32)28-17-21-8-6-5-7-9-21)18-23-14-19(2)10-13-24(23)25-15-22(16-26(30)31)12-11-20(25)3;;;/h2*5-15H,4,16-18H2,1-3H3,(H,28,32)(H,30,31);2*1H4;/q;;;;+1/p-1. The number of carboxylic acid groups (broad SMARTS) is 2. The van der Waals surface area contributed by atoms with Crippen LogP contribution in [0.25, 0.3) is 22.3 Å². The van der Waals surface area contributed by atoms with Crippen molar-refractivity contribution >= 4 is 24.0 Å². The molecular weight excluding hydrogens is 848 g/mol. The molecule has 0 atom stereocenters. The van der Waals surface area contributed by atoms with Gasteiger partial charge < -0.3 is 35.4 Å². The number of hydrogen-bond acceptors (Lipinski definition) is 5. The second kappa shape index (κ2) is 28.1. The summed E-state index contributed by atoms with van der Waals surface area (Å²) in [6, 6.07) is 43.3. The molecule has 0 heterocycles. The molecule has 0 fully saturated rings. The van der Waals surface area contributed by atoms with Crippen LogP contribution in [0.2, 0.25) is 0 Å². The minimum absolute atomic E-state index is 0. The van der Waals surface area contributed by atoms with Gasteiger partial charge in [-0.1, -0.05) is 159 Å². The van der Waals surface area contributed by atoms with Crippen LogP contribution in [0, 0.1) is 27.7 Å². The molecule has 0 unspecified atom stereocenters. The summed E-state index contributed by atoms with van der Waals surface area (Å²) in [5, 5.41) is 26.3. The van der Waals surface area contributed by atoms with E-state index < -0.39 is 11.9 Å². The quantitative estimate of drug-likeness (QED) is 0.0855. The summed E-state index contributed by atoms with van der Waals surface area (Å²) in [5.41, 5.74) is 14.0. The van der Waals surface area contributed by atoms with E-state index >= 15 is 0 Å². The number of aliphatic carboxylic acids is 2. The summed E-state index contributed by atoms with van der Waals surface area (Å²) >= 11 is 0. The number of carbonyl (C=O) groups is 4. The molecule has 0 radical (unpaired) electrons. The Kier molecular flexibility index (Phi) is 23.9. The van der Waals surface area contributed by atoms with E-state index in [0.29, 0.717) is 44.8 Å². The number of carbonyl (C=O) groups excluding carboxylic acids is 3. The van der Waals surface area contributed by atoms with Gasteiger partial charge in [0.15, 0.2) is 0 Å². The molecule has 0 aromatic heterocycles. The maximum atomic E-state index is 12.9. The SMILES string of the molecule is C.C.CCN(Cc1cc(C)ccc1-c1cc(CC(=O)O)ccc1C)C(=O)NCc1ccccc1.CCN(Cc1cc(C)ccc1-c1cc(CC(=O)[O-])ccc1C)C(=O)NCc1ccccc1.[Na+]. The first kappa shape index (κ1) is 56.9. The zero-order chi connectivity index (χ0) is 46.2. The third-order valence-corrected chi connectivity index (χ3v) is 11.0. The molecule has 0 aliphatic heterocycles. The van der Waals surface area contributed by atoms with Gasteiger partial charge in [-0.05, 0) is 108 Å². The Morgan fingerprint density at radius 1 is 0.507 bits per heavy atom. The van der Waals surface area contributed by atoms with Crippen molar-refractivity contribution in [3.8, 4) is 22.3 Å². The maximum absolute atomic E-state index is 12.9. The Morgan fingerprint density at radius 3 is 1.25 bits per heavy atom. The first-order valence-electron chi connectivity index (χ1n) is 21.7. The van der Waals surface area contributed by atoms with Gasteiger partial charge in [-0.2, -0.15) is 0 Å². The van der Waals surface area contributed by atoms with E-state index in [2.05, 4.69) is 28.8 Å². The molecule has 11 heteroatoms. The van der Waals surface area contributed by atoms with Crippen LogP contribution in [0.1, 0.15) is 84.3 Å². The van der Waals surface area contributed by atoms with Crippen LogP contribution >= 0.6 is 0 Å². The molecule has 0 bridgehead atoms. The largest absolute Gasteiger partial charge is 1.00 e. The van der Waals surface area contributed by atoms with Gasteiger partial charge in [0.25, 0.3) is 0 Å². The fourth-order valence-corrected chi connectivity index (χ4v) is 7.55. The molecule has 0 saturated carbocycles. The van der Waals surface area contributed by atoms with Gasteiger partial charge in [0.1, 0.15) is 0 Å². The van der Waals surface area contributed by atoms with Gasteiger partial charge in [0.2, 0.25) is 0 Å². The Bertz CT molecular complexity index is 2370. The predicted molar refractivity (Wildman–Crippen MR) is 266 cm³/mol. The molecule has 6 aromatic carbocycles. The molecule has 10 nitrogen and oxygen atoms in total. The number of benzene rings is 6. The number of aryl methyl sites for hydroxylation is 4. The van der Waals surface area contributed by atoms with Gasteiger partial charge in [0.05, 0.1) is 6.42 Å². The van der Waals surface area contributed by atoms with Gasteiger partial charge in [-0.3, -0.25) is 4.79 Å². The average molecular weight is 915 g/mol. The molecule has 6 aromatic rings. The minimum Gasteiger partial charge on any atom is -0.550 e. The molecule has 348 valence electrons. The van der Waals surface area contributed by atoms with Crippen LogP contribution in [-0.2, 0) is 48.6 Å². The topological polar surface area (TPSA) is 142 Å². The fraction of sp³-hybridized carbons (Fsp3) is 0.286. The Hall–Kier alpha value is -6.20. The first-order chi connectivity index (χ1) is 30.7. The van der Waals surface area contributed by atoms with E-state index in [4.69, 9.17) is 0 Å². The molecule has 0 saturated heterocycles. The molecule has 0 spiro atoms. The number of nitrogens with zero attached hydrogens (tertiary/aromatic N) is 2. The number of amides is 4. The van der Waals surface area contributed by atoms with Crippen LogP contribution in [0.15, 0.2) is 133 Å². The van der Waals surface area contributed by atoms with Crippen LogP contribution in [0.5, 0.6) is 0 Å². The number of rotatable bonds is 16. The zero-order valence-corrected chi connectivity index (χ0v) is 40.7. The van der Waals surface area contributed by atoms with Crippen molar-refractivity contribution in [3.05, 3.63) is 189 Å². The fourth-order valence-electron chi connectivity index (χ4n) is 7.55. The molecule has 6 rings (SSSR count). The molecule has 0 aliphatic rings. The van der Waals surface area contributed by atoms with E-state index in [1.807, 2.05) is 157 Å². The van der Waals surface area contributed by atoms with Gasteiger partial charge in [-0.15, -0.1) is 0 Å². The van der Waals surface area contributed by atoms with Crippen molar-refractivity contribution in [1.82, 2.24) is 20.4 Å². The van der Waals surface area contributed by atoms with Crippen molar-refractivity contribution in [1.29, 1.82) is 0 Å². The Labute approximate surface area is 420 Å². The summed E-state index contributed by atoms with van der Waals surface area (Å²) in [5.74, 6) is -1.95. The van der Waals surface area contributed by atoms with Gasteiger partial charge in [-0.25, -0.2) is 9.59 Å².